The molecule has 1 aromatic carbocycles. The van der Waals surface area contributed by atoms with E-state index in [0.29, 0.717) is 0 Å². The van der Waals surface area contributed by atoms with Gasteiger partial charge >= 0.3 is 53.8 Å². The molecule has 0 saturated carbocycles. The molecule has 0 aliphatic heterocycles. The molecule has 0 atom stereocenters. The van der Waals surface area contributed by atoms with Gasteiger partial charge < -0.3 is 0 Å². The van der Waals surface area contributed by atoms with Crippen molar-refractivity contribution in [2.75, 3.05) is 0 Å². The van der Waals surface area contributed by atoms with Gasteiger partial charge in [0, 0.05) is 14.5 Å². The van der Waals surface area contributed by atoms with Gasteiger partial charge in [0.2, 0.25) is 0 Å². The lowest BCUT2D eigenvalue weighted by atomic mass is 9.87. The molecule has 0 N–H and O–H groups in total. The van der Waals surface area contributed by atoms with E-state index in [4.69, 9.17) is 0 Å². The van der Waals surface area contributed by atoms with Gasteiger partial charge in [0.25, 0.3) is 0 Å². The molecule has 216 valence electrons. The van der Waals surface area contributed by atoms with Crippen LogP contribution in [-0.4, -0.2) is 41.7 Å². The summed E-state index contributed by atoms with van der Waals surface area (Å²) in [6.45, 7) is 0. The van der Waals surface area contributed by atoms with Gasteiger partial charge in [-0.15, -0.1) is 0 Å². The summed E-state index contributed by atoms with van der Waals surface area (Å²) >= 11 is 3.68. The lowest BCUT2D eigenvalue weighted by Crippen LogP contribution is -2.74. The first kappa shape index (κ1) is 33.8. The Morgan fingerprint density at radius 3 is 0.973 bits per heavy atom. The SMILES string of the molecule is FC(F)(F)c1cc(Br)c(C(F)(F)C(F)(F)C(F)(F)C(F)(F)C(F)(F)C(F)(F)C(F)(F)C(F)(F)F)cc1Br. The van der Waals surface area contributed by atoms with E-state index < -0.39 is 86.0 Å². The van der Waals surface area contributed by atoms with Gasteiger partial charge in [-0.1, -0.05) is 31.9 Å². The molecule has 0 amide bonds. The Bertz CT molecular complexity index is 1020. The predicted octanol–water partition coefficient (Wildman–Crippen LogP) is 9.70. The number of benzene rings is 1. The second kappa shape index (κ2) is 8.90. The van der Waals surface area contributed by atoms with Crippen LogP contribution < -0.4 is 0 Å². The molecule has 0 aromatic heterocycles. The molecular formula is C15H2Br2F20. The van der Waals surface area contributed by atoms with E-state index in [2.05, 4.69) is 0 Å². The Morgan fingerprint density at radius 2 is 0.649 bits per heavy atom. The van der Waals surface area contributed by atoms with Crippen molar-refractivity contribution < 1.29 is 87.8 Å². The maximum absolute atomic E-state index is 14.3. The van der Waals surface area contributed by atoms with Crippen molar-refractivity contribution in [3.05, 3.63) is 32.2 Å². The third-order valence-electron chi connectivity index (χ3n) is 4.42. The van der Waals surface area contributed by atoms with Crippen LogP contribution in [0.1, 0.15) is 11.1 Å². The molecule has 0 saturated heterocycles. The van der Waals surface area contributed by atoms with Crippen molar-refractivity contribution in [2.24, 2.45) is 0 Å². The summed E-state index contributed by atoms with van der Waals surface area (Å²) in [5.41, 5.74) is -4.77. The molecule has 0 heterocycles. The van der Waals surface area contributed by atoms with Gasteiger partial charge in [-0.3, -0.25) is 0 Å². The topological polar surface area (TPSA) is 0 Å². The zero-order chi connectivity index (χ0) is 30.2. The lowest BCUT2D eigenvalue weighted by molar-refractivity contribution is -0.462. The first-order valence-electron chi connectivity index (χ1n) is 8.06. The van der Waals surface area contributed by atoms with Crippen molar-refractivity contribution in [3.8, 4) is 0 Å². The van der Waals surface area contributed by atoms with Crippen molar-refractivity contribution >= 4 is 31.9 Å². The van der Waals surface area contributed by atoms with Crippen LogP contribution in [0.25, 0.3) is 0 Å². The number of alkyl halides is 20. The third kappa shape index (κ3) is 4.64. The van der Waals surface area contributed by atoms with Crippen molar-refractivity contribution in [1.82, 2.24) is 0 Å². The Hall–Kier alpha value is -1.22. The minimum atomic E-state index is -8.81. The Balaban J connectivity index is 3.84. The van der Waals surface area contributed by atoms with E-state index in [9.17, 15) is 87.8 Å². The van der Waals surface area contributed by atoms with Gasteiger partial charge in [0.05, 0.1) is 5.56 Å². The minimum absolute atomic E-state index is 0.521. The summed E-state index contributed by atoms with van der Waals surface area (Å²) in [6.07, 6.45) is -13.3. The second-order valence-electron chi connectivity index (χ2n) is 6.83. The van der Waals surface area contributed by atoms with Crippen LogP contribution in [0.15, 0.2) is 21.1 Å². The third-order valence-corrected chi connectivity index (χ3v) is 5.73. The summed E-state index contributed by atoms with van der Waals surface area (Å²) in [6, 6.07) is -1.27. The monoisotopic (exact) mass is 720 g/mol. The molecular weight excluding hydrogens is 720 g/mol. The molecule has 0 unspecified atom stereocenters. The fourth-order valence-electron chi connectivity index (χ4n) is 2.34. The Kier molecular flexibility index (Phi) is 8.13. The Labute approximate surface area is 206 Å². The summed E-state index contributed by atoms with van der Waals surface area (Å²) in [5, 5.41) is 0. The zero-order valence-corrected chi connectivity index (χ0v) is 19.1. The fourth-order valence-corrected chi connectivity index (χ4v) is 3.50. The number of hydrogen-bond acceptors (Lipinski definition) is 0. The van der Waals surface area contributed by atoms with Crippen molar-refractivity contribution in [2.45, 2.75) is 53.8 Å². The highest BCUT2D eigenvalue weighted by molar-refractivity contribution is 9.11. The van der Waals surface area contributed by atoms with Gasteiger partial charge in [-0.25, -0.2) is 0 Å². The van der Waals surface area contributed by atoms with E-state index in [1.54, 1.807) is 15.9 Å². The molecule has 1 aromatic rings. The normalized spacial score (nSPS) is 15.8. The highest BCUT2D eigenvalue weighted by atomic mass is 79.9. The molecule has 0 spiro atoms. The van der Waals surface area contributed by atoms with Crippen molar-refractivity contribution in [3.63, 3.8) is 0 Å². The average Bonchev–Trinajstić information content (AvgIpc) is 2.66. The zero-order valence-electron chi connectivity index (χ0n) is 16.0. The molecule has 1 rings (SSSR count). The average molecular weight is 722 g/mol. The number of halogens is 22. The minimum Gasteiger partial charge on any atom is -0.194 e. The molecule has 0 aliphatic carbocycles. The summed E-state index contributed by atoms with van der Waals surface area (Å²) < 4.78 is 261. The maximum atomic E-state index is 14.3. The van der Waals surface area contributed by atoms with Crippen molar-refractivity contribution in [1.29, 1.82) is 0 Å². The lowest BCUT2D eigenvalue weighted by Gasteiger charge is -2.43. The molecule has 0 radical (unpaired) electrons. The first-order chi connectivity index (χ1) is 15.8. The first-order valence-corrected chi connectivity index (χ1v) is 9.65. The standard InChI is InChI=1S/C15H2Br2F20/c16-5-2-4(8(20,21)22)6(17)1-3(5)7(18,19)9(23,24)10(25,26)11(27,28)12(29,30)13(31,32)14(33,34)15(35,36)37/h1-2H. The molecule has 0 aliphatic rings. The van der Waals surface area contributed by atoms with E-state index in [1.807, 2.05) is 15.9 Å². The highest BCUT2D eigenvalue weighted by Gasteiger charge is 2.95. The maximum Gasteiger partial charge on any atom is 0.460 e. The van der Waals surface area contributed by atoms with Gasteiger partial charge in [0.15, 0.2) is 0 Å². The van der Waals surface area contributed by atoms with E-state index in [0.717, 1.165) is 0 Å². The van der Waals surface area contributed by atoms with E-state index >= 15 is 0 Å². The fraction of sp³-hybridized carbons (Fsp3) is 0.600. The highest BCUT2D eigenvalue weighted by Crippen LogP contribution is 2.65. The summed E-state index contributed by atoms with van der Waals surface area (Å²) in [7, 11) is 0. The predicted molar refractivity (Wildman–Crippen MR) is 86.5 cm³/mol. The largest absolute Gasteiger partial charge is 0.460 e. The quantitative estimate of drug-likeness (QED) is 0.246. The summed E-state index contributed by atoms with van der Waals surface area (Å²) in [4.78, 5) is 0. The van der Waals surface area contributed by atoms with Crippen LogP contribution in [0, 0.1) is 0 Å². The molecule has 0 fully saturated rings. The van der Waals surface area contributed by atoms with E-state index in [-0.39, 0.29) is 0 Å². The van der Waals surface area contributed by atoms with Crippen LogP contribution in [-0.2, 0) is 12.1 Å². The Morgan fingerprint density at radius 1 is 0.378 bits per heavy atom. The van der Waals surface area contributed by atoms with Crippen LogP contribution in [0.2, 0.25) is 0 Å². The second-order valence-corrected chi connectivity index (χ2v) is 8.54. The van der Waals surface area contributed by atoms with Gasteiger partial charge in [-0.2, -0.15) is 87.8 Å². The molecule has 0 nitrogen and oxygen atoms in total. The molecule has 37 heavy (non-hydrogen) atoms. The number of hydrogen-bond donors (Lipinski definition) is 0. The molecule has 22 heteroatoms. The van der Waals surface area contributed by atoms with E-state index in [1.165, 1.54) is 0 Å². The van der Waals surface area contributed by atoms with Gasteiger partial charge in [-0.05, 0) is 12.1 Å². The van der Waals surface area contributed by atoms with Crippen LogP contribution in [0.4, 0.5) is 87.8 Å². The number of rotatable bonds is 7. The van der Waals surface area contributed by atoms with Crippen LogP contribution >= 0.6 is 31.9 Å². The van der Waals surface area contributed by atoms with Crippen LogP contribution in [0.3, 0.4) is 0 Å². The smallest absolute Gasteiger partial charge is 0.194 e. The van der Waals surface area contributed by atoms with Gasteiger partial charge in [0.1, 0.15) is 0 Å². The molecule has 0 bridgehead atoms. The summed E-state index contributed by atoms with van der Waals surface area (Å²) in [5.74, 6) is -58.2. The van der Waals surface area contributed by atoms with Crippen LogP contribution in [0.5, 0.6) is 0 Å².